The Morgan fingerprint density at radius 2 is 2.29 bits per heavy atom. The topological polar surface area (TPSA) is 46.2 Å². The summed E-state index contributed by atoms with van der Waals surface area (Å²) in [5.41, 5.74) is 0. The smallest absolute Gasteiger partial charge is 0.216 e. The molecule has 1 rings (SSSR count). The minimum atomic E-state index is -2.74. The third kappa shape index (κ3) is 1.32. The van der Waals surface area contributed by atoms with E-state index < -0.39 is 8.87 Å². The summed E-state index contributed by atoms with van der Waals surface area (Å²) in [6.07, 6.45) is 0. The van der Waals surface area contributed by atoms with E-state index in [0.717, 1.165) is 11.0 Å². The van der Waals surface area contributed by atoms with Crippen LogP contribution in [0.5, 0.6) is 0 Å². The summed E-state index contributed by atoms with van der Waals surface area (Å²) in [7, 11) is -1.92. The second-order valence-electron chi connectivity index (χ2n) is 1.24. The van der Waals surface area contributed by atoms with Crippen LogP contribution in [0.15, 0.2) is 0 Å². The van der Waals surface area contributed by atoms with Gasteiger partial charge in [0.05, 0.1) is 16.7 Å². The van der Waals surface area contributed by atoms with E-state index in [-0.39, 0.29) is 5.75 Å². The molecular formula is C2H5NO2S2. The van der Waals surface area contributed by atoms with Crippen LogP contribution < -0.4 is 4.72 Å². The molecule has 7 heavy (non-hydrogen) atoms. The normalized spacial score (nSPS) is 28.0. The predicted molar refractivity (Wildman–Crippen MR) is 29.4 cm³/mol. The van der Waals surface area contributed by atoms with Crippen LogP contribution in [0.4, 0.5) is 0 Å². The molecular weight excluding hydrogens is 134 g/mol. The molecule has 1 fully saturated rings. The summed E-state index contributed by atoms with van der Waals surface area (Å²) in [5.74, 6) is 0.275. The quantitative estimate of drug-likeness (QED) is 0.365. The maximum atomic E-state index is 10.3. The van der Waals surface area contributed by atoms with Gasteiger partial charge in [-0.05, 0) is 0 Å². The van der Waals surface area contributed by atoms with Crippen molar-refractivity contribution in [3.05, 3.63) is 0 Å². The van der Waals surface area contributed by atoms with Gasteiger partial charge in [0.25, 0.3) is 0 Å². The molecule has 0 spiro atoms. The molecule has 42 valence electrons. The van der Waals surface area contributed by atoms with Crippen molar-refractivity contribution in [3.8, 4) is 0 Å². The fraction of sp³-hybridized carbons (Fsp3) is 1.00. The van der Waals surface area contributed by atoms with Gasteiger partial charge in [0.15, 0.2) is 0 Å². The van der Waals surface area contributed by atoms with E-state index in [1.807, 2.05) is 0 Å². The zero-order valence-electron chi connectivity index (χ0n) is 3.55. The zero-order chi connectivity index (χ0) is 5.33. The Hall–Kier alpha value is 0.260. The van der Waals surface area contributed by atoms with Crippen LogP contribution in [-0.4, -0.2) is 20.7 Å². The second-order valence-corrected chi connectivity index (χ2v) is 5.24. The minimum Gasteiger partial charge on any atom is -0.250 e. The van der Waals surface area contributed by atoms with E-state index in [1.54, 1.807) is 0 Å². The first-order valence-electron chi connectivity index (χ1n) is 1.85. The highest BCUT2D eigenvalue weighted by Gasteiger charge is 2.17. The van der Waals surface area contributed by atoms with Crippen molar-refractivity contribution in [2.24, 2.45) is 0 Å². The Bertz CT molecular complexity index is 137. The highest BCUT2D eigenvalue weighted by molar-refractivity contribution is 8.71. The molecule has 0 aromatic carbocycles. The maximum Gasteiger partial charge on any atom is 0.216 e. The first kappa shape index (κ1) is 5.40. The molecule has 3 nitrogen and oxygen atoms in total. The molecule has 1 aliphatic rings. The molecule has 0 atom stereocenters. The molecule has 0 radical (unpaired) electrons. The van der Waals surface area contributed by atoms with Crippen molar-refractivity contribution in [1.82, 2.24) is 4.72 Å². The molecule has 1 saturated heterocycles. The van der Waals surface area contributed by atoms with Gasteiger partial charge in [-0.2, -0.15) is 0 Å². The Balaban J connectivity index is 2.76. The van der Waals surface area contributed by atoms with Crippen molar-refractivity contribution in [2.75, 3.05) is 12.3 Å². The van der Waals surface area contributed by atoms with E-state index in [1.165, 1.54) is 0 Å². The van der Waals surface area contributed by atoms with E-state index in [9.17, 15) is 8.42 Å². The van der Waals surface area contributed by atoms with Crippen LogP contribution in [0.25, 0.3) is 0 Å². The summed E-state index contributed by atoms with van der Waals surface area (Å²) in [4.78, 5) is 0. The summed E-state index contributed by atoms with van der Waals surface area (Å²) in [5, 5.41) is 0. The Labute approximate surface area is 45.9 Å². The lowest BCUT2D eigenvalue weighted by atomic mass is 10.8. The number of hydrogen-bond donors (Lipinski definition) is 1. The van der Waals surface area contributed by atoms with Gasteiger partial charge >= 0.3 is 0 Å². The predicted octanol–water partition coefficient (Wildman–Crippen LogP) is -0.432. The van der Waals surface area contributed by atoms with Gasteiger partial charge in [-0.3, -0.25) is 0 Å². The summed E-state index contributed by atoms with van der Waals surface area (Å²) >= 11 is 0. The SMILES string of the molecule is O=S1(=O)CCNS1. The van der Waals surface area contributed by atoms with E-state index in [0.29, 0.717) is 6.54 Å². The van der Waals surface area contributed by atoms with Gasteiger partial charge in [0, 0.05) is 6.54 Å². The molecule has 1 aliphatic heterocycles. The van der Waals surface area contributed by atoms with Gasteiger partial charge in [-0.15, -0.1) is 0 Å². The summed E-state index contributed by atoms with van der Waals surface area (Å²) in [6, 6.07) is 0. The van der Waals surface area contributed by atoms with Gasteiger partial charge in [0.1, 0.15) is 0 Å². The molecule has 5 heteroatoms. The molecule has 0 aromatic rings. The van der Waals surface area contributed by atoms with E-state index >= 15 is 0 Å². The van der Waals surface area contributed by atoms with Crippen molar-refractivity contribution in [1.29, 1.82) is 0 Å². The van der Waals surface area contributed by atoms with E-state index in [4.69, 9.17) is 0 Å². The fourth-order valence-electron chi connectivity index (χ4n) is 0.340. The lowest BCUT2D eigenvalue weighted by Crippen LogP contribution is -1.97. The lowest BCUT2D eigenvalue weighted by molar-refractivity contribution is 0.612. The standard InChI is InChI=1S/C2H5NO2S2/c4-7(5)2-1-3-6-7/h3H,1-2H2. The van der Waals surface area contributed by atoms with Crippen LogP contribution in [0.1, 0.15) is 0 Å². The maximum absolute atomic E-state index is 10.3. The highest BCUT2D eigenvalue weighted by Crippen LogP contribution is 2.12. The number of rotatable bonds is 0. The van der Waals surface area contributed by atoms with Gasteiger partial charge < -0.3 is 0 Å². The number of nitrogens with one attached hydrogen (secondary N) is 1. The first-order valence-corrected chi connectivity index (χ1v) is 4.83. The van der Waals surface area contributed by atoms with E-state index in [2.05, 4.69) is 4.72 Å². The van der Waals surface area contributed by atoms with Crippen molar-refractivity contribution >= 4 is 19.8 Å². The second kappa shape index (κ2) is 1.65. The van der Waals surface area contributed by atoms with Crippen LogP contribution in [-0.2, 0) is 8.87 Å². The molecule has 1 N–H and O–H groups in total. The summed E-state index contributed by atoms with van der Waals surface area (Å²) < 4.78 is 23.3. The zero-order valence-corrected chi connectivity index (χ0v) is 5.18. The average Bonchev–Trinajstić information content (AvgIpc) is 1.84. The van der Waals surface area contributed by atoms with Crippen LogP contribution >= 0.6 is 11.0 Å². The number of hydrogen-bond acceptors (Lipinski definition) is 4. The third-order valence-electron chi connectivity index (χ3n) is 0.640. The van der Waals surface area contributed by atoms with Crippen molar-refractivity contribution in [2.45, 2.75) is 0 Å². The van der Waals surface area contributed by atoms with Crippen LogP contribution in [0.2, 0.25) is 0 Å². The average molecular weight is 139 g/mol. The van der Waals surface area contributed by atoms with Gasteiger partial charge in [-0.1, -0.05) is 0 Å². The molecule has 0 bridgehead atoms. The monoisotopic (exact) mass is 139 g/mol. The molecule has 0 aliphatic carbocycles. The molecule has 0 aromatic heterocycles. The summed E-state index contributed by atoms with van der Waals surface area (Å²) in [6.45, 7) is 0.590. The third-order valence-corrected chi connectivity index (χ3v) is 3.54. The Morgan fingerprint density at radius 3 is 2.43 bits per heavy atom. The molecule has 0 saturated carbocycles. The minimum absolute atomic E-state index is 0.275. The van der Waals surface area contributed by atoms with Crippen molar-refractivity contribution in [3.63, 3.8) is 0 Å². The highest BCUT2D eigenvalue weighted by atomic mass is 33.1. The Morgan fingerprint density at radius 1 is 1.57 bits per heavy atom. The van der Waals surface area contributed by atoms with Gasteiger partial charge in [0.2, 0.25) is 8.87 Å². The van der Waals surface area contributed by atoms with Crippen LogP contribution in [0, 0.1) is 0 Å². The molecule has 0 amide bonds. The largest absolute Gasteiger partial charge is 0.250 e. The first-order chi connectivity index (χ1) is 3.21. The van der Waals surface area contributed by atoms with Gasteiger partial charge in [-0.25, -0.2) is 13.1 Å². The molecule has 0 unspecified atom stereocenters. The fourth-order valence-corrected chi connectivity index (χ4v) is 2.56. The lowest BCUT2D eigenvalue weighted by Gasteiger charge is -1.79. The Kier molecular flexibility index (Phi) is 1.27. The molecule has 1 heterocycles. The van der Waals surface area contributed by atoms with Crippen LogP contribution in [0.3, 0.4) is 0 Å². The van der Waals surface area contributed by atoms with Crippen molar-refractivity contribution < 1.29 is 8.42 Å².